The molecule has 2 N–H and O–H groups in total. The lowest BCUT2D eigenvalue weighted by Gasteiger charge is -2.35. The minimum absolute atomic E-state index is 0.230. The highest BCUT2D eigenvalue weighted by Gasteiger charge is 2.16. The van der Waals surface area contributed by atoms with Crippen LogP contribution in [0.4, 0.5) is 17.3 Å². The lowest BCUT2D eigenvalue weighted by atomic mass is 10.2. The number of para-hydroxylation sites is 1. The number of halogens is 1. The van der Waals surface area contributed by atoms with Crippen LogP contribution in [0.2, 0.25) is 0 Å². The predicted octanol–water partition coefficient (Wildman–Crippen LogP) is 3.25. The molecule has 1 aromatic heterocycles. The van der Waals surface area contributed by atoms with E-state index >= 15 is 0 Å². The first-order chi connectivity index (χ1) is 13.2. The number of aliphatic hydroxyl groups excluding tert-OH is 1. The van der Waals surface area contributed by atoms with Crippen molar-refractivity contribution in [1.29, 1.82) is 0 Å². The zero-order valence-electron chi connectivity index (χ0n) is 15.0. The highest BCUT2D eigenvalue weighted by molar-refractivity contribution is 9.10. The molecule has 0 radical (unpaired) electrons. The number of fused-ring (bicyclic) bond motifs is 1. The Kier molecular flexibility index (Phi) is 5.52. The monoisotopic (exact) mass is 427 g/mol. The zero-order chi connectivity index (χ0) is 18.6. The van der Waals surface area contributed by atoms with E-state index in [0.717, 1.165) is 53.8 Å². The van der Waals surface area contributed by atoms with Gasteiger partial charge in [-0.3, -0.25) is 4.90 Å². The summed E-state index contributed by atoms with van der Waals surface area (Å²) in [4.78, 5) is 13.7. The van der Waals surface area contributed by atoms with Crippen LogP contribution in [-0.4, -0.2) is 59.3 Å². The number of rotatable bonds is 5. The number of nitrogens with one attached hydrogen (secondary N) is 1. The summed E-state index contributed by atoms with van der Waals surface area (Å²) in [6.45, 7) is 4.93. The summed E-state index contributed by atoms with van der Waals surface area (Å²) >= 11 is 3.54. The molecule has 3 aromatic rings. The molecule has 0 spiro atoms. The molecule has 0 saturated carbocycles. The van der Waals surface area contributed by atoms with Gasteiger partial charge in [-0.2, -0.15) is 0 Å². The van der Waals surface area contributed by atoms with Gasteiger partial charge in [-0.15, -0.1) is 0 Å². The van der Waals surface area contributed by atoms with E-state index in [1.54, 1.807) is 0 Å². The minimum atomic E-state index is 0.230. The molecule has 0 atom stereocenters. The van der Waals surface area contributed by atoms with Crippen molar-refractivity contribution in [2.45, 2.75) is 0 Å². The van der Waals surface area contributed by atoms with E-state index < -0.39 is 0 Å². The van der Waals surface area contributed by atoms with Crippen LogP contribution >= 0.6 is 15.9 Å². The van der Waals surface area contributed by atoms with Crippen molar-refractivity contribution in [3.63, 3.8) is 0 Å². The van der Waals surface area contributed by atoms with Crippen LogP contribution in [0.25, 0.3) is 10.9 Å². The molecule has 140 valence electrons. The average molecular weight is 428 g/mol. The van der Waals surface area contributed by atoms with Crippen molar-refractivity contribution in [2.75, 3.05) is 49.5 Å². The molecule has 0 unspecified atom stereocenters. The van der Waals surface area contributed by atoms with E-state index in [4.69, 9.17) is 5.11 Å². The van der Waals surface area contributed by atoms with Gasteiger partial charge in [-0.1, -0.05) is 12.1 Å². The van der Waals surface area contributed by atoms with Crippen molar-refractivity contribution in [3.8, 4) is 0 Å². The lowest BCUT2D eigenvalue weighted by Crippen LogP contribution is -2.47. The molecule has 0 bridgehead atoms. The van der Waals surface area contributed by atoms with Crippen LogP contribution in [0.3, 0.4) is 0 Å². The lowest BCUT2D eigenvalue weighted by molar-refractivity contribution is 0.189. The number of aromatic nitrogens is 2. The van der Waals surface area contributed by atoms with Crippen LogP contribution in [0, 0.1) is 0 Å². The Hall–Kier alpha value is -2.22. The molecule has 27 heavy (non-hydrogen) atoms. The summed E-state index contributed by atoms with van der Waals surface area (Å²) < 4.78 is 0.959. The summed E-state index contributed by atoms with van der Waals surface area (Å²) in [6, 6.07) is 14.3. The van der Waals surface area contributed by atoms with Crippen LogP contribution in [-0.2, 0) is 0 Å². The van der Waals surface area contributed by atoms with E-state index in [9.17, 15) is 0 Å². The third kappa shape index (κ3) is 4.21. The van der Waals surface area contributed by atoms with Crippen LogP contribution in [0.15, 0.2) is 53.1 Å². The Morgan fingerprint density at radius 2 is 1.81 bits per heavy atom. The molecule has 1 saturated heterocycles. The summed E-state index contributed by atoms with van der Waals surface area (Å²) in [7, 11) is 0. The zero-order valence-corrected chi connectivity index (χ0v) is 16.6. The second kappa shape index (κ2) is 8.21. The van der Waals surface area contributed by atoms with Crippen LogP contribution in [0.1, 0.15) is 0 Å². The second-order valence-corrected chi connectivity index (χ2v) is 7.45. The van der Waals surface area contributed by atoms with Gasteiger partial charge < -0.3 is 15.3 Å². The predicted molar refractivity (Wildman–Crippen MR) is 113 cm³/mol. The van der Waals surface area contributed by atoms with Gasteiger partial charge in [0.15, 0.2) is 0 Å². The SMILES string of the molecule is OCCN1CCN(c2ccc(Nc3ncc4cccc(Br)c4n3)cc2)CC1. The number of β-amino-alcohol motifs (C(OH)–C–C–N with tert-alkyl or cyclic N) is 1. The fourth-order valence-corrected chi connectivity index (χ4v) is 3.81. The first kappa shape index (κ1) is 18.2. The number of nitrogens with zero attached hydrogens (tertiary/aromatic N) is 4. The summed E-state index contributed by atoms with van der Waals surface area (Å²) in [5.74, 6) is 0.583. The number of aliphatic hydroxyl groups is 1. The number of anilines is 3. The van der Waals surface area contributed by atoms with E-state index in [1.807, 2.05) is 24.4 Å². The third-order valence-electron chi connectivity index (χ3n) is 4.84. The Balaban J connectivity index is 1.43. The molecule has 1 fully saturated rings. The highest BCUT2D eigenvalue weighted by Crippen LogP contribution is 2.24. The highest BCUT2D eigenvalue weighted by atomic mass is 79.9. The Bertz CT molecular complexity index is 910. The molecule has 7 heteroatoms. The van der Waals surface area contributed by atoms with Gasteiger partial charge in [0.1, 0.15) is 0 Å². The van der Waals surface area contributed by atoms with Crippen molar-refractivity contribution in [1.82, 2.24) is 14.9 Å². The van der Waals surface area contributed by atoms with Crippen molar-refractivity contribution < 1.29 is 5.11 Å². The third-order valence-corrected chi connectivity index (χ3v) is 5.48. The maximum atomic E-state index is 9.05. The largest absolute Gasteiger partial charge is 0.395 e. The fourth-order valence-electron chi connectivity index (χ4n) is 3.34. The molecule has 0 aliphatic carbocycles. The normalized spacial score (nSPS) is 15.3. The Morgan fingerprint density at radius 1 is 1.04 bits per heavy atom. The van der Waals surface area contributed by atoms with E-state index in [1.165, 1.54) is 5.69 Å². The van der Waals surface area contributed by atoms with Crippen LogP contribution < -0.4 is 10.2 Å². The standard InChI is InChI=1S/C20H22BrN5O/c21-18-3-1-2-15-14-22-20(24-19(15)18)23-16-4-6-17(7-5-16)26-10-8-25(9-11-26)12-13-27/h1-7,14,27H,8-13H2,(H,22,23,24). The van der Waals surface area contributed by atoms with Gasteiger partial charge in [0.25, 0.3) is 0 Å². The number of hydrogen-bond donors (Lipinski definition) is 2. The summed E-state index contributed by atoms with van der Waals surface area (Å²) in [5, 5.41) is 13.3. The smallest absolute Gasteiger partial charge is 0.227 e. The second-order valence-electron chi connectivity index (χ2n) is 6.60. The van der Waals surface area contributed by atoms with Gasteiger partial charge >= 0.3 is 0 Å². The van der Waals surface area contributed by atoms with Crippen molar-refractivity contribution in [2.24, 2.45) is 0 Å². The molecule has 0 amide bonds. The average Bonchev–Trinajstić information content (AvgIpc) is 2.70. The van der Waals surface area contributed by atoms with Crippen molar-refractivity contribution in [3.05, 3.63) is 53.1 Å². The van der Waals surface area contributed by atoms with Gasteiger partial charge in [0, 0.05) is 60.2 Å². The number of piperazine rings is 1. The maximum Gasteiger partial charge on any atom is 0.227 e. The number of benzene rings is 2. The fraction of sp³-hybridized carbons (Fsp3) is 0.300. The molecule has 2 heterocycles. The first-order valence-corrected chi connectivity index (χ1v) is 9.89. The summed E-state index contributed by atoms with van der Waals surface area (Å²) in [5.41, 5.74) is 3.07. The van der Waals surface area contributed by atoms with E-state index in [0.29, 0.717) is 5.95 Å². The van der Waals surface area contributed by atoms with Gasteiger partial charge in [-0.05, 0) is 46.3 Å². The quantitative estimate of drug-likeness (QED) is 0.651. The molecule has 1 aliphatic heterocycles. The topological polar surface area (TPSA) is 64.5 Å². The molecular weight excluding hydrogens is 406 g/mol. The molecule has 6 nitrogen and oxygen atoms in total. The van der Waals surface area contributed by atoms with Gasteiger partial charge in [0.2, 0.25) is 5.95 Å². The van der Waals surface area contributed by atoms with Crippen molar-refractivity contribution >= 4 is 44.2 Å². The first-order valence-electron chi connectivity index (χ1n) is 9.09. The Labute approximate surface area is 167 Å². The van der Waals surface area contributed by atoms with E-state index in [2.05, 4.69) is 65.3 Å². The minimum Gasteiger partial charge on any atom is -0.395 e. The maximum absolute atomic E-state index is 9.05. The molecule has 1 aliphatic rings. The van der Waals surface area contributed by atoms with Gasteiger partial charge in [-0.25, -0.2) is 9.97 Å². The molecule has 2 aromatic carbocycles. The summed E-state index contributed by atoms with van der Waals surface area (Å²) in [6.07, 6.45) is 1.83. The van der Waals surface area contributed by atoms with Gasteiger partial charge in [0.05, 0.1) is 12.1 Å². The van der Waals surface area contributed by atoms with Crippen LogP contribution in [0.5, 0.6) is 0 Å². The number of hydrogen-bond acceptors (Lipinski definition) is 6. The molecule has 4 rings (SSSR count). The molecular formula is C20H22BrN5O. The van der Waals surface area contributed by atoms with E-state index in [-0.39, 0.29) is 6.61 Å². The Morgan fingerprint density at radius 3 is 2.56 bits per heavy atom.